The third kappa shape index (κ3) is 29.4. The lowest BCUT2D eigenvalue weighted by molar-refractivity contribution is 0.132. The Bertz CT molecular complexity index is 1090. The average Bonchev–Trinajstić information content (AvgIpc) is 3.13. The Morgan fingerprint density at radius 3 is 1.54 bits per heavy atom. The van der Waals surface area contributed by atoms with Crippen LogP contribution in [0.5, 0.6) is 0 Å². The minimum Gasteiger partial charge on any atom is -0.298 e. The van der Waals surface area contributed by atoms with Crippen molar-refractivity contribution in [3.63, 3.8) is 0 Å². The van der Waals surface area contributed by atoms with Crippen molar-refractivity contribution in [3.05, 3.63) is 83.1 Å². The molecule has 0 heterocycles. The standard InChI is InChI=1S/C41H69N.C7H14.C3H8.C2H6/c1-10-16-37-23-27-39(28-24-37)35(5)20-14-31-42(41(7,8)9)32-15-21-36(6)40-29-25-38(26-30-40)22-12-11-18-34(4)19-13-17-33(2)3;1-4-5-6-7(2)3;1-3-2;1-2/h17-18,23,25,39-40H,5-6,10-16,19-22,24,26-32H2,1-4,7-9H3;2,4-6H2,1,3H3;3H2,1-2H3;1-2H3/b34-18+;;;. The lowest BCUT2D eigenvalue weighted by Crippen LogP contribution is -2.42. The first-order chi connectivity index (χ1) is 25.7. The van der Waals surface area contributed by atoms with E-state index in [0.29, 0.717) is 11.8 Å². The SMILES string of the molecule is C=C(C)CCCC.C=C(CCCN(CCCC(=C)C1CC=C(CCC/C=C(\C)CCC=C(C)C)CC1)C(C)(C)C)C1CC=C(CCC)CC1.CC.CCC. The molecule has 1 nitrogen and oxygen atoms in total. The smallest absolute Gasteiger partial charge is 0.0125 e. The molecule has 0 aromatic heterocycles. The van der Waals surface area contributed by atoms with Gasteiger partial charge >= 0.3 is 0 Å². The van der Waals surface area contributed by atoms with Crippen LogP contribution in [0.4, 0.5) is 0 Å². The molecule has 2 atom stereocenters. The number of allylic oxidation sites excluding steroid dienone is 11. The molecule has 0 spiro atoms. The topological polar surface area (TPSA) is 3.24 Å². The zero-order chi connectivity index (χ0) is 41.4. The summed E-state index contributed by atoms with van der Waals surface area (Å²) in [5.74, 6) is 1.41. The van der Waals surface area contributed by atoms with Gasteiger partial charge in [-0.3, -0.25) is 4.90 Å². The zero-order valence-electron chi connectivity index (χ0n) is 39.3. The van der Waals surface area contributed by atoms with Crippen LogP contribution in [0.1, 0.15) is 225 Å². The summed E-state index contributed by atoms with van der Waals surface area (Å²) in [4.78, 5) is 2.71. The van der Waals surface area contributed by atoms with Crippen molar-refractivity contribution < 1.29 is 0 Å². The summed E-state index contributed by atoms with van der Waals surface area (Å²) in [6.45, 7) is 43.9. The van der Waals surface area contributed by atoms with Gasteiger partial charge in [0.2, 0.25) is 0 Å². The molecule has 0 saturated heterocycles. The van der Waals surface area contributed by atoms with Gasteiger partial charge in [0.15, 0.2) is 0 Å². The Balaban J connectivity index is 0. The van der Waals surface area contributed by atoms with Crippen LogP contribution < -0.4 is 0 Å². The maximum atomic E-state index is 4.57. The Hall–Kier alpha value is -1.86. The molecule has 0 fully saturated rings. The Labute approximate surface area is 342 Å². The molecule has 2 rings (SSSR count). The summed E-state index contributed by atoms with van der Waals surface area (Å²) in [5.41, 5.74) is 10.9. The van der Waals surface area contributed by atoms with Gasteiger partial charge in [-0.25, -0.2) is 0 Å². The third-order valence-electron chi connectivity index (χ3n) is 10.8. The summed E-state index contributed by atoms with van der Waals surface area (Å²) >= 11 is 0. The molecule has 54 heavy (non-hydrogen) atoms. The van der Waals surface area contributed by atoms with Crippen molar-refractivity contribution in [1.29, 1.82) is 0 Å². The van der Waals surface area contributed by atoms with Gasteiger partial charge in [0.05, 0.1) is 0 Å². The van der Waals surface area contributed by atoms with Gasteiger partial charge < -0.3 is 0 Å². The number of hydrogen-bond donors (Lipinski definition) is 0. The van der Waals surface area contributed by atoms with E-state index < -0.39 is 0 Å². The fourth-order valence-corrected chi connectivity index (χ4v) is 7.33. The average molecular weight is 748 g/mol. The maximum Gasteiger partial charge on any atom is 0.0125 e. The summed E-state index contributed by atoms with van der Waals surface area (Å²) in [6.07, 6.45) is 36.2. The summed E-state index contributed by atoms with van der Waals surface area (Å²) in [6, 6.07) is 0. The normalized spacial score (nSPS) is 17.0. The van der Waals surface area contributed by atoms with Gasteiger partial charge in [-0.05, 0) is 189 Å². The molecule has 2 unspecified atom stereocenters. The minimum absolute atomic E-state index is 0.215. The second-order valence-corrected chi connectivity index (χ2v) is 17.6. The highest BCUT2D eigenvalue weighted by atomic mass is 15.2. The molecule has 0 N–H and O–H groups in total. The maximum absolute atomic E-state index is 4.57. The van der Waals surface area contributed by atoms with Gasteiger partial charge in [0, 0.05) is 5.54 Å². The lowest BCUT2D eigenvalue weighted by atomic mass is 9.82. The van der Waals surface area contributed by atoms with Crippen molar-refractivity contribution in [1.82, 2.24) is 4.90 Å². The fourth-order valence-electron chi connectivity index (χ4n) is 7.33. The van der Waals surface area contributed by atoms with E-state index in [2.05, 4.69) is 125 Å². The van der Waals surface area contributed by atoms with E-state index >= 15 is 0 Å². The van der Waals surface area contributed by atoms with E-state index in [-0.39, 0.29) is 5.54 Å². The monoisotopic (exact) mass is 748 g/mol. The Kier molecular flexibility index (Phi) is 34.5. The zero-order valence-corrected chi connectivity index (χ0v) is 39.3. The molecule has 0 saturated carbocycles. The van der Waals surface area contributed by atoms with E-state index in [0.717, 1.165) is 0 Å². The van der Waals surface area contributed by atoms with E-state index in [4.69, 9.17) is 0 Å². The van der Waals surface area contributed by atoms with E-state index in [1.165, 1.54) is 170 Å². The van der Waals surface area contributed by atoms with Crippen molar-refractivity contribution in [2.75, 3.05) is 13.1 Å². The van der Waals surface area contributed by atoms with E-state index in [9.17, 15) is 0 Å². The summed E-state index contributed by atoms with van der Waals surface area (Å²) in [5, 5.41) is 0. The molecule has 0 aromatic rings. The molecule has 2 aliphatic rings. The lowest BCUT2D eigenvalue weighted by Gasteiger charge is -2.36. The van der Waals surface area contributed by atoms with Crippen molar-refractivity contribution in [2.24, 2.45) is 11.8 Å². The number of nitrogens with zero attached hydrogens (tertiary/aromatic N) is 1. The van der Waals surface area contributed by atoms with E-state index in [1.807, 2.05) is 13.8 Å². The first kappa shape index (κ1) is 54.2. The number of unbranched alkanes of at least 4 members (excludes halogenated alkanes) is 2. The molecule has 1 heteroatoms. The molecule has 0 bridgehead atoms. The highest BCUT2D eigenvalue weighted by molar-refractivity contribution is 5.15. The molecule has 2 aliphatic carbocycles. The van der Waals surface area contributed by atoms with Crippen LogP contribution in [-0.4, -0.2) is 23.5 Å². The van der Waals surface area contributed by atoms with Crippen LogP contribution in [0.15, 0.2) is 83.1 Å². The minimum atomic E-state index is 0.215. The first-order valence-electron chi connectivity index (χ1n) is 23.1. The van der Waals surface area contributed by atoms with Crippen LogP contribution in [0.3, 0.4) is 0 Å². The van der Waals surface area contributed by atoms with Crippen LogP contribution in [0, 0.1) is 11.8 Å². The highest BCUT2D eigenvalue weighted by Crippen LogP contribution is 2.34. The molecule has 0 aromatic carbocycles. The number of rotatable bonds is 22. The van der Waals surface area contributed by atoms with Gasteiger partial charge in [0.25, 0.3) is 0 Å². The molecular formula is C53H97N. The summed E-state index contributed by atoms with van der Waals surface area (Å²) in [7, 11) is 0. The second kappa shape index (κ2) is 34.4. The number of hydrogen-bond acceptors (Lipinski definition) is 1. The predicted octanol–water partition coefficient (Wildman–Crippen LogP) is 18.1. The van der Waals surface area contributed by atoms with Crippen molar-refractivity contribution >= 4 is 0 Å². The largest absolute Gasteiger partial charge is 0.298 e. The van der Waals surface area contributed by atoms with Crippen LogP contribution >= 0.6 is 0 Å². The van der Waals surface area contributed by atoms with Crippen LogP contribution in [-0.2, 0) is 0 Å². The highest BCUT2D eigenvalue weighted by Gasteiger charge is 2.23. The first-order valence-corrected chi connectivity index (χ1v) is 23.1. The molecular weight excluding hydrogens is 651 g/mol. The van der Waals surface area contributed by atoms with Crippen LogP contribution in [0.25, 0.3) is 0 Å². The third-order valence-corrected chi connectivity index (χ3v) is 10.8. The summed E-state index contributed by atoms with van der Waals surface area (Å²) < 4.78 is 0. The van der Waals surface area contributed by atoms with E-state index in [1.54, 1.807) is 16.7 Å². The molecule has 0 aliphatic heterocycles. The predicted molar refractivity (Wildman–Crippen MR) is 252 cm³/mol. The molecule has 0 radical (unpaired) electrons. The van der Waals surface area contributed by atoms with Crippen molar-refractivity contribution in [3.8, 4) is 0 Å². The van der Waals surface area contributed by atoms with Gasteiger partial charge in [-0.2, -0.15) is 0 Å². The fraction of sp³-hybridized carbons (Fsp3) is 0.736. The second-order valence-electron chi connectivity index (χ2n) is 17.6. The Morgan fingerprint density at radius 1 is 0.667 bits per heavy atom. The van der Waals surface area contributed by atoms with Gasteiger partial charge in [0.1, 0.15) is 0 Å². The van der Waals surface area contributed by atoms with Gasteiger partial charge in [-0.1, -0.05) is 137 Å². The molecule has 0 amide bonds. The van der Waals surface area contributed by atoms with Crippen LogP contribution in [0.2, 0.25) is 0 Å². The quantitative estimate of drug-likeness (QED) is 0.0787. The Morgan fingerprint density at radius 2 is 1.17 bits per heavy atom. The van der Waals surface area contributed by atoms with Gasteiger partial charge in [-0.15, -0.1) is 6.58 Å². The molecule has 314 valence electrons. The van der Waals surface area contributed by atoms with Crippen molar-refractivity contribution in [2.45, 2.75) is 230 Å².